The molecule has 106 valence electrons. The van der Waals surface area contributed by atoms with Crippen molar-refractivity contribution in [3.63, 3.8) is 0 Å². The monoisotopic (exact) mass is 290 g/mol. The number of hydrogen-bond donors (Lipinski definition) is 1. The highest BCUT2D eigenvalue weighted by atomic mass is 35.5. The SMILES string of the molecule is COc1cc(C)c(C(C)(O)c2ccc(Cl)cc2)cc1C. The van der Waals surface area contributed by atoms with E-state index < -0.39 is 5.60 Å². The molecule has 1 N–H and O–H groups in total. The molecule has 3 heteroatoms. The summed E-state index contributed by atoms with van der Waals surface area (Å²) in [4.78, 5) is 0. The highest BCUT2D eigenvalue weighted by Gasteiger charge is 2.28. The van der Waals surface area contributed by atoms with Gasteiger partial charge in [0.15, 0.2) is 0 Å². The van der Waals surface area contributed by atoms with Crippen LogP contribution in [0.3, 0.4) is 0 Å². The average Bonchev–Trinajstić information content (AvgIpc) is 2.41. The van der Waals surface area contributed by atoms with Gasteiger partial charge in [-0.25, -0.2) is 0 Å². The van der Waals surface area contributed by atoms with Gasteiger partial charge < -0.3 is 9.84 Å². The number of benzene rings is 2. The fourth-order valence-corrected chi connectivity index (χ4v) is 2.59. The maximum atomic E-state index is 10.9. The molecule has 0 bridgehead atoms. The maximum Gasteiger partial charge on any atom is 0.122 e. The minimum atomic E-state index is -1.06. The van der Waals surface area contributed by atoms with Crippen LogP contribution in [0.4, 0.5) is 0 Å². The van der Waals surface area contributed by atoms with E-state index in [1.165, 1.54) is 0 Å². The summed E-state index contributed by atoms with van der Waals surface area (Å²) < 4.78 is 5.32. The van der Waals surface area contributed by atoms with Crippen molar-refractivity contribution in [3.05, 3.63) is 63.7 Å². The smallest absolute Gasteiger partial charge is 0.122 e. The first kappa shape index (κ1) is 14.9. The van der Waals surface area contributed by atoms with Crippen LogP contribution in [0.5, 0.6) is 5.75 Å². The van der Waals surface area contributed by atoms with Crippen LogP contribution >= 0.6 is 11.6 Å². The van der Waals surface area contributed by atoms with Crippen LogP contribution in [0.1, 0.15) is 29.2 Å². The third-order valence-corrected chi connectivity index (χ3v) is 3.92. The molecule has 0 heterocycles. The molecule has 0 saturated heterocycles. The molecule has 2 rings (SSSR count). The summed E-state index contributed by atoms with van der Waals surface area (Å²) in [5.41, 5.74) is 2.62. The molecule has 0 amide bonds. The molecule has 2 aromatic carbocycles. The first-order valence-electron chi connectivity index (χ1n) is 6.50. The van der Waals surface area contributed by atoms with Crippen molar-refractivity contribution < 1.29 is 9.84 Å². The number of rotatable bonds is 3. The molecular formula is C17H19ClO2. The van der Waals surface area contributed by atoms with Gasteiger partial charge in [-0.2, -0.15) is 0 Å². The molecule has 0 saturated carbocycles. The third kappa shape index (κ3) is 2.67. The first-order chi connectivity index (χ1) is 9.36. The normalized spacial score (nSPS) is 13.9. The lowest BCUT2D eigenvalue weighted by Gasteiger charge is -2.27. The number of aliphatic hydroxyl groups is 1. The highest BCUT2D eigenvalue weighted by molar-refractivity contribution is 6.30. The summed E-state index contributed by atoms with van der Waals surface area (Å²) in [6, 6.07) is 11.2. The summed E-state index contributed by atoms with van der Waals surface area (Å²) in [5.74, 6) is 0.832. The van der Waals surface area contributed by atoms with Gasteiger partial charge in [0.2, 0.25) is 0 Å². The van der Waals surface area contributed by atoms with Gasteiger partial charge in [-0.1, -0.05) is 23.7 Å². The van der Waals surface area contributed by atoms with Crippen LogP contribution in [0.25, 0.3) is 0 Å². The van der Waals surface area contributed by atoms with Crippen LogP contribution < -0.4 is 4.74 Å². The minimum Gasteiger partial charge on any atom is -0.496 e. The summed E-state index contributed by atoms with van der Waals surface area (Å²) >= 11 is 5.91. The lowest BCUT2D eigenvalue weighted by molar-refractivity contribution is 0.101. The van der Waals surface area contributed by atoms with Gasteiger partial charge in [-0.05, 0) is 67.3 Å². The van der Waals surface area contributed by atoms with Crippen molar-refractivity contribution in [2.75, 3.05) is 7.11 Å². The van der Waals surface area contributed by atoms with Crippen molar-refractivity contribution in [2.24, 2.45) is 0 Å². The Morgan fingerprint density at radius 1 is 1.05 bits per heavy atom. The Hall–Kier alpha value is -1.51. The van der Waals surface area contributed by atoms with Crippen LogP contribution in [0.2, 0.25) is 5.02 Å². The molecule has 0 radical (unpaired) electrons. The molecule has 1 unspecified atom stereocenters. The van der Waals surface area contributed by atoms with Gasteiger partial charge in [0.25, 0.3) is 0 Å². The third-order valence-electron chi connectivity index (χ3n) is 3.67. The lowest BCUT2D eigenvalue weighted by Crippen LogP contribution is -2.24. The van der Waals surface area contributed by atoms with E-state index in [1.54, 1.807) is 26.2 Å². The van der Waals surface area contributed by atoms with Gasteiger partial charge in [0, 0.05) is 5.02 Å². The Bertz CT molecular complexity index is 616. The zero-order valence-corrected chi connectivity index (χ0v) is 13.0. The molecule has 0 fully saturated rings. The van der Waals surface area contributed by atoms with Gasteiger partial charge in [0.05, 0.1) is 7.11 Å². The van der Waals surface area contributed by atoms with Crippen LogP contribution in [-0.2, 0) is 5.60 Å². The standard InChI is InChI=1S/C17H19ClO2/c1-11-10-16(20-4)12(2)9-15(11)17(3,19)13-5-7-14(18)8-6-13/h5-10,19H,1-4H3. The van der Waals surface area contributed by atoms with E-state index >= 15 is 0 Å². The molecule has 0 aliphatic rings. The van der Waals surface area contributed by atoms with Crippen molar-refractivity contribution in [3.8, 4) is 5.75 Å². The second-order valence-electron chi connectivity index (χ2n) is 5.22. The Balaban J connectivity index is 2.54. The number of aryl methyl sites for hydroxylation is 2. The van der Waals surface area contributed by atoms with Crippen molar-refractivity contribution >= 4 is 11.6 Å². The second kappa shape index (κ2) is 5.47. The molecule has 0 aromatic heterocycles. The number of methoxy groups -OCH3 is 1. The number of halogens is 1. The van der Waals surface area contributed by atoms with Crippen LogP contribution in [-0.4, -0.2) is 12.2 Å². The zero-order chi connectivity index (χ0) is 14.9. The fraction of sp³-hybridized carbons (Fsp3) is 0.294. The summed E-state index contributed by atoms with van der Waals surface area (Å²) in [6.07, 6.45) is 0. The van der Waals surface area contributed by atoms with E-state index in [0.29, 0.717) is 5.02 Å². The molecule has 0 spiro atoms. The molecule has 1 atom stereocenters. The van der Waals surface area contributed by atoms with E-state index in [9.17, 15) is 5.11 Å². The number of ether oxygens (including phenoxy) is 1. The van der Waals surface area contributed by atoms with E-state index in [-0.39, 0.29) is 0 Å². The Morgan fingerprint density at radius 2 is 1.65 bits per heavy atom. The van der Waals surface area contributed by atoms with E-state index in [0.717, 1.165) is 28.0 Å². The predicted octanol–water partition coefficient (Wildman–Crippen LogP) is 4.22. The summed E-state index contributed by atoms with van der Waals surface area (Å²) in [5, 5.41) is 11.6. The maximum absolute atomic E-state index is 10.9. The average molecular weight is 291 g/mol. The molecule has 2 aromatic rings. The topological polar surface area (TPSA) is 29.5 Å². The Kier molecular flexibility index (Phi) is 4.07. The molecular weight excluding hydrogens is 272 g/mol. The molecule has 2 nitrogen and oxygen atoms in total. The van der Waals surface area contributed by atoms with Gasteiger partial charge in [-0.3, -0.25) is 0 Å². The molecule has 0 aliphatic carbocycles. The highest BCUT2D eigenvalue weighted by Crippen LogP contribution is 2.35. The Morgan fingerprint density at radius 3 is 2.20 bits per heavy atom. The summed E-state index contributed by atoms with van der Waals surface area (Å²) in [6.45, 7) is 5.74. The van der Waals surface area contributed by atoms with Crippen LogP contribution in [0.15, 0.2) is 36.4 Å². The minimum absolute atomic E-state index is 0.659. The second-order valence-corrected chi connectivity index (χ2v) is 5.65. The lowest BCUT2D eigenvalue weighted by atomic mass is 9.84. The largest absolute Gasteiger partial charge is 0.496 e. The van der Waals surface area contributed by atoms with Crippen molar-refractivity contribution in [2.45, 2.75) is 26.4 Å². The predicted molar refractivity (Wildman–Crippen MR) is 82.6 cm³/mol. The van der Waals surface area contributed by atoms with Crippen molar-refractivity contribution in [1.29, 1.82) is 0 Å². The van der Waals surface area contributed by atoms with E-state index in [4.69, 9.17) is 16.3 Å². The van der Waals surface area contributed by atoms with Gasteiger partial charge in [-0.15, -0.1) is 0 Å². The number of hydrogen-bond acceptors (Lipinski definition) is 2. The van der Waals surface area contributed by atoms with Crippen LogP contribution in [0, 0.1) is 13.8 Å². The molecule has 0 aliphatic heterocycles. The Labute approximate surface area is 125 Å². The first-order valence-corrected chi connectivity index (χ1v) is 6.88. The van der Waals surface area contributed by atoms with Gasteiger partial charge >= 0.3 is 0 Å². The fourth-order valence-electron chi connectivity index (χ4n) is 2.46. The zero-order valence-electron chi connectivity index (χ0n) is 12.2. The summed E-state index contributed by atoms with van der Waals surface area (Å²) in [7, 11) is 1.65. The van der Waals surface area contributed by atoms with E-state index in [2.05, 4.69) is 0 Å². The van der Waals surface area contributed by atoms with Crippen molar-refractivity contribution in [1.82, 2.24) is 0 Å². The van der Waals surface area contributed by atoms with Gasteiger partial charge in [0.1, 0.15) is 11.4 Å². The quantitative estimate of drug-likeness (QED) is 0.917. The molecule has 20 heavy (non-hydrogen) atoms. The van der Waals surface area contributed by atoms with E-state index in [1.807, 2.05) is 38.1 Å².